The van der Waals surface area contributed by atoms with Gasteiger partial charge in [-0.1, -0.05) is 36.9 Å². The van der Waals surface area contributed by atoms with E-state index in [-0.39, 0.29) is 11.9 Å². The number of nitrogens with zero attached hydrogens (tertiary/aromatic N) is 5. The zero-order chi connectivity index (χ0) is 24.4. The maximum atomic E-state index is 13.6. The number of carbonyl (C=O) groups excluding carboxylic acids is 1. The van der Waals surface area contributed by atoms with Gasteiger partial charge in [0.1, 0.15) is 0 Å². The van der Waals surface area contributed by atoms with Crippen LogP contribution < -0.4 is 5.73 Å². The van der Waals surface area contributed by atoms with Crippen LogP contribution in [0.1, 0.15) is 59.6 Å². The molecular weight excluding hydrogens is 436 g/mol. The van der Waals surface area contributed by atoms with E-state index >= 15 is 0 Å². The zero-order valence-electron chi connectivity index (χ0n) is 20.2. The molecular formula is C28H32N6O. The minimum atomic E-state index is 0.0377. The third-order valence-electron chi connectivity index (χ3n) is 6.92. The number of nitrogens with two attached hydrogens (primary N) is 1. The molecule has 1 aliphatic heterocycles. The molecule has 0 spiro atoms. The first kappa shape index (κ1) is 23.2. The van der Waals surface area contributed by atoms with E-state index in [1.54, 1.807) is 17.0 Å². The Labute approximate surface area is 206 Å². The lowest BCUT2D eigenvalue weighted by Crippen LogP contribution is -2.47. The molecule has 1 aliphatic carbocycles. The van der Waals surface area contributed by atoms with Crippen LogP contribution in [0.15, 0.2) is 66.3 Å². The second kappa shape index (κ2) is 9.96. The number of amides is 1. The van der Waals surface area contributed by atoms with E-state index < -0.39 is 0 Å². The van der Waals surface area contributed by atoms with Gasteiger partial charge in [-0.3, -0.25) is 14.5 Å². The van der Waals surface area contributed by atoms with Crippen molar-refractivity contribution in [2.24, 2.45) is 17.8 Å². The van der Waals surface area contributed by atoms with Crippen LogP contribution >= 0.6 is 0 Å². The summed E-state index contributed by atoms with van der Waals surface area (Å²) in [7, 11) is 1.87. The number of allylic oxidation sites excluding steroid dienone is 1. The Kier molecular flexibility index (Phi) is 6.59. The first-order chi connectivity index (χ1) is 17.1. The number of aromatic nitrogens is 3. The fourth-order valence-corrected chi connectivity index (χ4v) is 4.78. The van der Waals surface area contributed by atoms with Gasteiger partial charge in [0.25, 0.3) is 5.91 Å². The molecule has 180 valence electrons. The molecule has 5 rings (SSSR count). The van der Waals surface area contributed by atoms with Crippen molar-refractivity contribution in [3.63, 3.8) is 0 Å². The van der Waals surface area contributed by atoms with Crippen molar-refractivity contribution in [2.45, 2.75) is 44.1 Å². The smallest absolute Gasteiger partial charge is 0.254 e. The topological polar surface area (TPSA) is 89.4 Å². The predicted octanol–water partition coefficient (Wildman–Crippen LogP) is 4.62. The number of piperidine rings is 1. The first-order valence-corrected chi connectivity index (χ1v) is 12.4. The molecule has 1 saturated heterocycles. The molecule has 3 heterocycles. The molecule has 0 bridgehead atoms. The number of aliphatic imine (C=N–C) groups is 1. The van der Waals surface area contributed by atoms with Gasteiger partial charge >= 0.3 is 0 Å². The molecule has 0 unspecified atom stereocenters. The summed E-state index contributed by atoms with van der Waals surface area (Å²) in [6.45, 7) is 5.20. The fraction of sp³-hybridized carbons (Fsp3) is 0.357. The molecule has 0 radical (unpaired) electrons. The summed E-state index contributed by atoms with van der Waals surface area (Å²) in [5, 5.41) is 4.48. The first-order valence-electron chi connectivity index (χ1n) is 12.4. The monoisotopic (exact) mass is 468 g/mol. The van der Waals surface area contributed by atoms with Crippen molar-refractivity contribution in [3.8, 4) is 11.3 Å². The summed E-state index contributed by atoms with van der Waals surface area (Å²) in [5.41, 5.74) is 10.9. The van der Waals surface area contributed by atoms with Gasteiger partial charge < -0.3 is 10.6 Å². The second-order valence-corrected chi connectivity index (χ2v) is 9.40. The van der Waals surface area contributed by atoms with Crippen LogP contribution in [-0.2, 0) is 7.05 Å². The van der Waals surface area contributed by atoms with Gasteiger partial charge in [-0.25, -0.2) is 4.99 Å². The standard InChI is InChI=1S/C28H32N6O/c1-3-24(19-9-5-4-6-10-19)32-27-23(18-30-33(27)2)26-16-21(15-25(31-26)20-12-13-20)28(35)34-14-8-7-11-22(34)17-29/h3-6,9-10,15-16,18,20,22H,1,7-8,11-14,17,29H2,2H3/t22-/m1/s1. The summed E-state index contributed by atoms with van der Waals surface area (Å²) in [6, 6.07) is 13.9. The number of rotatable bonds is 7. The minimum Gasteiger partial charge on any atom is -0.334 e. The number of hydrogen-bond donors (Lipinski definition) is 1. The van der Waals surface area contributed by atoms with Gasteiger partial charge in [0, 0.05) is 48.9 Å². The lowest BCUT2D eigenvalue weighted by molar-refractivity contribution is 0.0623. The van der Waals surface area contributed by atoms with Crippen LogP contribution in [0, 0.1) is 0 Å². The maximum absolute atomic E-state index is 13.6. The van der Waals surface area contributed by atoms with Crippen LogP contribution in [-0.4, -0.2) is 50.4 Å². The van der Waals surface area contributed by atoms with E-state index in [0.29, 0.717) is 23.8 Å². The SMILES string of the molecule is C=CC(=Nc1c(-c2cc(C(=O)N3CCCC[C@@H]3CN)cc(C3CC3)n2)cnn1C)c1ccccc1. The number of pyridine rings is 1. The molecule has 3 aromatic rings. The molecule has 35 heavy (non-hydrogen) atoms. The van der Waals surface area contributed by atoms with Gasteiger partial charge in [0.05, 0.1) is 23.2 Å². The van der Waals surface area contributed by atoms with Gasteiger partial charge in [-0.15, -0.1) is 0 Å². The zero-order valence-corrected chi connectivity index (χ0v) is 20.2. The van der Waals surface area contributed by atoms with Crippen molar-refractivity contribution >= 4 is 17.4 Å². The average Bonchev–Trinajstić information content (AvgIpc) is 3.70. The van der Waals surface area contributed by atoms with Crippen molar-refractivity contribution in [3.05, 3.63) is 78.1 Å². The van der Waals surface area contributed by atoms with Crippen LogP contribution in [0.5, 0.6) is 0 Å². The van der Waals surface area contributed by atoms with Crippen LogP contribution in [0.4, 0.5) is 5.82 Å². The molecule has 7 nitrogen and oxygen atoms in total. The lowest BCUT2D eigenvalue weighted by atomic mass is 10.00. The summed E-state index contributed by atoms with van der Waals surface area (Å²) >= 11 is 0. The van der Waals surface area contributed by atoms with Crippen molar-refractivity contribution in [1.29, 1.82) is 0 Å². The van der Waals surface area contributed by atoms with E-state index in [1.165, 1.54) is 0 Å². The van der Waals surface area contributed by atoms with Crippen molar-refractivity contribution < 1.29 is 4.79 Å². The molecule has 2 aliphatic rings. The third kappa shape index (κ3) is 4.82. The number of aryl methyl sites for hydroxylation is 1. The number of hydrogen-bond acceptors (Lipinski definition) is 5. The maximum Gasteiger partial charge on any atom is 0.254 e. The summed E-state index contributed by atoms with van der Waals surface area (Å²) in [4.78, 5) is 25.5. The Morgan fingerprint density at radius 1 is 1.17 bits per heavy atom. The highest BCUT2D eigenvalue weighted by Crippen LogP contribution is 2.41. The van der Waals surface area contributed by atoms with E-state index in [0.717, 1.165) is 66.9 Å². The van der Waals surface area contributed by atoms with Gasteiger partial charge in [0.2, 0.25) is 0 Å². The van der Waals surface area contributed by atoms with E-state index in [1.807, 2.05) is 54.4 Å². The Hall–Kier alpha value is -3.58. The Balaban J connectivity index is 1.57. The van der Waals surface area contributed by atoms with E-state index in [2.05, 4.69) is 11.7 Å². The number of carbonyl (C=O) groups is 1. The second-order valence-electron chi connectivity index (χ2n) is 9.40. The van der Waals surface area contributed by atoms with Crippen LogP contribution in [0.3, 0.4) is 0 Å². The molecule has 1 amide bonds. The molecule has 7 heteroatoms. The molecule has 2 aromatic heterocycles. The fourth-order valence-electron chi connectivity index (χ4n) is 4.78. The van der Waals surface area contributed by atoms with Crippen LogP contribution in [0.25, 0.3) is 11.3 Å². The van der Waals surface area contributed by atoms with Gasteiger partial charge in [-0.05, 0) is 50.3 Å². The summed E-state index contributed by atoms with van der Waals surface area (Å²) in [5.74, 6) is 1.13. The predicted molar refractivity (Wildman–Crippen MR) is 139 cm³/mol. The average molecular weight is 469 g/mol. The molecule has 2 fully saturated rings. The molecule has 1 saturated carbocycles. The normalized spacial score (nSPS) is 18.5. The minimum absolute atomic E-state index is 0.0377. The van der Waals surface area contributed by atoms with E-state index in [9.17, 15) is 4.79 Å². The Morgan fingerprint density at radius 2 is 1.97 bits per heavy atom. The van der Waals surface area contributed by atoms with Gasteiger partial charge in [-0.2, -0.15) is 5.10 Å². The Morgan fingerprint density at radius 3 is 2.69 bits per heavy atom. The number of benzene rings is 1. The largest absolute Gasteiger partial charge is 0.334 e. The summed E-state index contributed by atoms with van der Waals surface area (Å²) in [6.07, 6.45) is 8.82. The van der Waals surface area contributed by atoms with Gasteiger partial charge in [0.15, 0.2) is 5.82 Å². The summed E-state index contributed by atoms with van der Waals surface area (Å²) < 4.78 is 1.74. The number of likely N-dealkylation sites (tertiary alicyclic amines) is 1. The van der Waals surface area contributed by atoms with Crippen molar-refractivity contribution in [2.75, 3.05) is 13.1 Å². The molecule has 1 atom stereocenters. The lowest BCUT2D eigenvalue weighted by Gasteiger charge is -2.35. The third-order valence-corrected chi connectivity index (χ3v) is 6.92. The highest BCUT2D eigenvalue weighted by Gasteiger charge is 2.30. The highest BCUT2D eigenvalue weighted by molar-refractivity contribution is 6.10. The van der Waals surface area contributed by atoms with Crippen LogP contribution in [0.2, 0.25) is 0 Å². The van der Waals surface area contributed by atoms with E-state index in [4.69, 9.17) is 15.7 Å². The molecule has 2 N–H and O–H groups in total. The highest BCUT2D eigenvalue weighted by atomic mass is 16.2. The quantitative estimate of drug-likeness (QED) is 0.513. The Bertz CT molecular complexity index is 1260. The van der Waals surface area contributed by atoms with Crippen molar-refractivity contribution in [1.82, 2.24) is 19.7 Å². The molecule has 1 aromatic carbocycles.